The molecular weight excluding hydrogens is 148 g/mol. The van der Waals surface area contributed by atoms with E-state index in [0.717, 1.165) is 12.8 Å². The second kappa shape index (κ2) is 5.97. The molecule has 0 aromatic rings. The zero-order chi connectivity index (χ0) is 8.69. The van der Waals surface area contributed by atoms with Crippen molar-refractivity contribution < 1.29 is 19.7 Å². The van der Waals surface area contributed by atoms with Crippen LogP contribution in [0.3, 0.4) is 0 Å². The van der Waals surface area contributed by atoms with Crippen molar-refractivity contribution in [2.45, 2.75) is 32.3 Å². The first kappa shape index (κ1) is 10.2. The second-order valence-corrected chi connectivity index (χ2v) is 2.26. The molecule has 0 fully saturated rings. The lowest BCUT2D eigenvalue weighted by Gasteiger charge is -2.01. The summed E-state index contributed by atoms with van der Waals surface area (Å²) in [7, 11) is 1.29. The number of unbranched alkanes of at least 4 members (excludes halogenated alkanes) is 1. The van der Waals surface area contributed by atoms with Crippen LogP contribution < -0.4 is 5.26 Å². The molecule has 0 heterocycles. The van der Waals surface area contributed by atoms with E-state index in [-0.39, 0.29) is 5.97 Å². The van der Waals surface area contributed by atoms with Gasteiger partial charge in [-0.2, -0.15) is 0 Å². The Morgan fingerprint density at radius 2 is 2.36 bits per heavy atom. The quantitative estimate of drug-likeness (QED) is 0.263. The number of hydrogen-bond acceptors (Lipinski definition) is 3. The lowest BCUT2D eigenvalue weighted by Crippen LogP contribution is -2.26. The van der Waals surface area contributed by atoms with Crippen LogP contribution in [0.4, 0.5) is 0 Å². The van der Waals surface area contributed by atoms with Gasteiger partial charge in [-0.15, -0.1) is 0 Å². The van der Waals surface area contributed by atoms with E-state index in [1.165, 1.54) is 7.11 Å². The van der Waals surface area contributed by atoms with Crippen LogP contribution >= 0.6 is 0 Å². The lowest BCUT2D eigenvalue weighted by atomic mass is 10.2. The van der Waals surface area contributed by atoms with Gasteiger partial charge in [0.15, 0.2) is 7.11 Å². The number of hydrogen-bond donors (Lipinski definition) is 1. The van der Waals surface area contributed by atoms with Gasteiger partial charge in [-0.05, 0) is 6.42 Å². The number of esters is 1. The Morgan fingerprint density at radius 1 is 1.73 bits per heavy atom. The molecular formula is C7H14O4. The Bertz CT molecular complexity index is 122. The average molecular weight is 162 g/mol. The molecule has 4 heteroatoms. The monoisotopic (exact) mass is 162 g/mol. The second-order valence-electron chi connectivity index (χ2n) is 2.26. The number of rotatable bonds is 4. The maximum Gasteiger partial charge on any atom is 0.526 e. The first-order valence-corrected chi connectivity index (χ1v) is 3.65. The minimum absolute atomic E-state index is 0.251. The van der Waals surface area contributed by atoms with Crippen LogP contribution in [-0.2, 0) is 9.31 Å². The number of ether oxygens (including phenoxy) is 1. The zero-order valence-electron chi connectivity index (χ0n) is 6.87. The Hall–Kier alpha value is -0.770. The number of aliphatic hydroxyl groups is 1. The Balaban J connectivity index is 3.70. The number of carbonyl (C=O) groups excluding carboxylic acids is 1. The maximum absolute atomic E-state index is 9.84. The van der Waals surface area contributed by atoms with Gasteiger partial charge in [0.05, 0.1) is 0 Å². The number of methoxy groups -OCH3 is 1. The molecule has 0 aliphatic heterocycles. The Kier molecular flexibility index (Phi) is 5.56. The fourth-order valence-electron chi connectivity index (χ4n) is 0.741. The van der Waals surface area contributed by atoms with E-state index in [4.69, 9.17) is 5.11 Å². The van der Waals surface area contributed by atoms with Gasteiger partial charge in [0.25, 0.3) is 0 Å². The summed E-state index contributed by atoms with van der Waals surface area (Å²) in [6.45, 7) is 2.00. The van der Waals surface area contributed by atoms with Gasteiger partial charge in [-0.1, -0.05) is 19.8 Å². The van der Waals surface area contributed by atoms with E-state index in [0.29, 0.717) is 6.42 Å². The van der Waals surface area contributed by atoms with Crippen LogP contribution in [0, 0.1) is 0 Å². The standard InChI is InChI=1S/C7H14O4/c1-3-4-5-6(8)7(10-2)11-9/h6,8H,3-5H2,1-2H3. The zero-order valence-corrected chi connectivity index (χ0v) is 6.87. The van der Waals surface area contributed by atoms with E-state index < -0.39 is 6.10 Å². The fraction of sp³-hybridized carbons (Fsp3) is 0.857. The van der Waals surface area contributed by atoms with Crippen molar-refractivity contribution >= 4 is 5.97 Å². The highest BCUT2D eigenvalue weighted by Crippen LogP contribution is 2.01. The predicted octanol–water partition coefficient (Wildman–Crippen LogP) is -0.479. The summed E-state index contributed by atoms with van der Waals surface area (Å²) in [6, 6.07) is 0. The molecule has 0 aromatic heterocycles. The lowest BCUT2D eigenvalue weighted by molar-refractivity contribution is -1.05. The van der Waals surface area contributed by atoms with Gasteiger partial charge < -0.3 is 15.1 Å². The van der Waals surface area contributed by atoms with Gasteiger partial charge in [-0.25, -0.2) is 0 Å². The molecule has 0 aliphatic carbocycles. The Labute approximate surface area is 66.0 Å². The molecule has 0 bridgehead atoms. The molecule has 0 aromatic carbocycles. The molecule has 1 unspecified atom stereocenters. The van der Waals surface area contributed by atoms with Crippen LogP contribution in [0.2, 0.25) is 0 Å². The highest BCUT2D eigenvalue weighted by Gasteiger charge is 2.23. The van der Waals surface area contributed by atoms with Crippen molar-refractivity contribution in [1.82, 2.24) is 0 Å². The Morgan fingerprint density at radius 3 is 2.73 bits per heavy atom. The minimum Gasteiger partial charge on any atom is -0.588 e. The third-order valence-electron chi connectivity index (χ3n) is 1.39. The van der Waals surface area contributed by atoms with E-state index in [1.807, 2.05) is 6.92 Å². The van der Waals surface area contributed by atoms with E-state index in [9.17, 15) is 5.26 Å². The third-order valence-corrected chi connectivity index (χ3v) is 1.39. The topological polar surface area (TPSA) is 63.8 Å². The molecule has 0 radical (unpaired) electrons. The molecule has 4 nitrogen and oxygen atoms in total. The van der Waals surface area contributed by atoms with E-state index >= 15 is 0 Å². The molecule has 0 amide bonds. The summed E-state index contributed by atoms with van der Waals surface area (Å²) in [6.07, 6.45) is 1.42. The largest absolute Gasteiger partial charge is 0.588 e. The maximum atomic E-state index is 9.84. The molecule has 0 aliphatic rings. The molecule has 0 saturated heterocycles. The van der Waals surface area contributed by atoms with Crippen LogP contribution in [0.25, 0.3) is 0 Å². The molecule has 0 rings (SSSR count). The molecule has 11 heavy (non-hydrogen) atoms. The summed E-state index contributed by atoms with van der Waals surface area (Å²) in [5.74, 6) is -0.251. The van der Waals surface area contributed by atoms with E-state index in [2.05, 4.69) is 9.31 Å². The van der Waals surface area contributed by atoms with Gasteiger partial charge in [-0.3, -0.25) is 4.58 Å². The smallest absolute Gasteiger partial charge is 0.526 e. The van der Waals surface area contributed by atoms with Crippen LogP contribution in [-0.4, -0.2) is 24.3 Å². The van der Waals surface area contributed by atoms with Gasteiger partial charge in [0.2, 0.25) is 6.10 Å². The first-order chi connectivity index (χ1) is 5.26. The summed E-state index contributed by atoms with van der Waals surface area (Å²) in [5.41, 5.74) is 0. The van der Waals surface area contributed by atoms with Crippen LogP contribution in [0.5, 0.6) is 0 Å². The molecule has 1 N–H and O–H groups in total. The van der Waals surface area contributed by atoms with Crippen molar-refractivity contribution in [2.75, 3.05) is 7.11 Å². The third kappa shape index (κ3) is 3.83. The van der Waals surface area contributed by atoms with E-state index in [1.54, 1.807) is 0 Å². The van der Waals surface area contributed by atoms with Crippen molar-refractivity contribution in [1.29, 1.82) is 0 Å². The summed E-state index contributed by atoms with van der Waals surface area (Å²) in [5, 5.41) is 19.0. The summed E-state index contributed by atoms with van der Waals surface area (Å²) < 4.78 is 8.04. The highest BCUT2D eigenvalue weighted by molar-refractivity contribution is 5.74. The fourth-order valence-corrected chi connectivity index (χ4v) is 0.741. The predicted molar refractivity (Wildman–Crippen MR) is 37.5 cm³/mol. The SMILES string of the molecule is CCCCC(O)C(OC)=[O+][O-]. The molecule has 0 saturated carbocycles. The molecule has 0 spiro atoms. The normalized spacial score (nSPS) is 14.6. The first-order valence-electron chi connectivity index (χ1n) is 3.65. The summed E-state index contributed by atoms with van der Waals surface area (Å²) in [4.78, 5) is 0. The van der Waals surface area contributed by atoms with Crippen molar-refractivity contribution in [2.24, 2.45) is 0 Å². The van der Waals surface area contributed by atoms with Gasteiger partial charge in [0.1, 0.15) is 0 Å². The molecule has 66 valence electrons. The average Bonchev–Trinajstić information content (AvgIpc) is 2.03. The van der Waals surface area contributed by atoms with Crippen molar-refractivity contribution in [3.63, 3.8) is 0 Å². The summed E-state index contributed by atoms with van der Waals surface area (Å²) >= 11 is 0. The highest BCUT2D eigenvalue weighted by atomic mass is 17.1. The van der Waals surface area contributed by atoms with Crippen molar-refractivity contribution in [3.8, 4) is 0 Å². The van der Waals surface area contributed by atoms with Gasteiger partial charge in [0, 0.05) is 0 Å². The minimum atomic E-state index is -0.891. The molecule has 1 atom stereocenters. The number of aliphatic hydroxyl groups excluding tert-OH is 1. The van der Waals surface area contributed by atoms with Crippen molar-refractivity contribution in [3.05, 3.63) is 0 Å². The van der Waals surface area contributed by atoms with Crippen LogP contribution in [0.1, 0.15) is 26.2 Å². The van der Waals surface area contributed by atoms with Gasteiger partial charge >= 0.3 is 5.97 Å². The van der Waals surface area contributed by atoms with Crippen LogP contribution in [0.15, 0.2) is 0 Å².